The number of hydrogen-bond donors (Lipinski definition) is 1. The number of benzene rings is 1. The summed E-state index contributed by atoms with van der Waals surface area (Å²) in [6, 6.07) is 8.64. The van der Waals surface area contributed by atoms with Crippen LogP contribution < -0.4 is 5.32 Å². The summed E-state index contributed by atoms with van der Waals surface area (Å²) in [6.07, 6.45) is 0.898. The molecule has 0 bridgehead atoms. The van der Waals surface area contributed by atoms with Gasteiger partial charge in [0.25, 0.3) is 0 Å². The van der Waals surface area contributed by atoms with Crippen LogP contribution in [0.25, 0.3) is 0 Å². The number of nitrogens with zero attached hydrogens (tertiary/aromatic N) is 2. The van der Waals surface area contributed by atoms with Crippen LogP contribution in [-0.2, 0) is 14.8 Å². The van der Waals surface area contributed by atoms with Gasteiger partial charge in [0.1, 0.15) is 0 Å². The number of nitrogens with one attached hydrogen (secondary N) is 1. The lowest BCUT2D eigenvalue weighted by molar-refractivity contribution is -0.123. The molecule has 1 saturated heterocycles. The molecule has 1 atom stereocenters. The number of piperazine rings is 1. The molecule has 1 heterocycles. The van der Waals surface area contributed by atoms with Gasteiger partial charge in [-0.15, -0.1) is 0 Å². The van der Waals surface area contributed by atoms with Gasteiger partial charge >= 0.3 is 0 Å². The van der Waals surface area contributed by atoms with Crippen LogP contribution in [0.4, 0.5) is 0 Å². The predicted molar refractivity (Wildman–Crippen MR) is 89.5 cm³/mol. The first-order chi connectivity index (χ1) is 10.9. The maximum Gasteiger partial charge on any atom is 0.243 e. The van der Waals surface area contributed by atoms with Crippen LogP contribution in [0.1, 0.15) is 20.3 Å². The van der Waals surface area contributed by atoms with E-state index in [2.05, 4.69) is 5.32 Å². The van der Waals surface area contributed by atoms with Crippen molar-refractivity contribution in [1.82, 2.24) is 14.5 Å². The molecule has 0 spiro atoms. The quantitative estimate of drug-likeness (QED) is 0.836. The zero-order chi connectivity index (χ0) is 16.9. The summed E-state index contributed by atoms with van der Waals surface area (Å²) in [6.45, 7) is 6.28. The van der Waals surface area contributed by atoms with Gasteiger partial charge in [0.15, 0.2) is 0 Å². The second-order valence-corrected chi connectivity index (χ2v) is 7.81. The van der Waals surface area contributed by atoms with Crippen LogP contribution >= 0.6 is 0 Å². The number of amides is 1. The Morgan fingerprint density at radius 2 is 1.78 bits per heavy atom. The summed E-state index contributed by atoms with van der Waals surface area (Å²) in [7, 11) is -3.43. The topological polar surface area (TPSA) is 69.7 Å². The van der Waals surface area contributed by atoms with E-state index in [1.165, 1.54) is 4.31 Å². The molecular weight excluding hydrogens is 314 g/mol. The number of carbonyl (C=O) groups excluding carboxylic acids is 1. The van der Waals surface area contributed by atoms with Crippen molar-refractivity contribution in [2.24, 2.45) is 0 Å². The van der Waals surface area contributed by atoms with Crippen molar-refractivity contribution in [2.75, 3.05) is 32.7 Å². The van der Waals surface area contributed by atoms with Crippen molar-refractivity contribution in [3.8, 4) is 0 Å². The fourth-order valence-corrected chi connectivity index (χ4v) is 3.94. The molecule has 23 heavy (non-hydrogen) atoms. The molecule has 0 aromatic heterocycles. The smallest absolute Gasteiger partial charge is 0.243 e. The highest BCUT2D eigenvalue weighted by Crippen LogP contribution is 2.16. The van der Waals surface area contributed by atoms with Gasteiger partial charge in [-0.25, -0.2) is 8.42 Å². The molecule has 128 valence electrons. The van der Waals surface area contributed by atoms with Gasteiger partial charge in [0.05, 0.1) is 11.4 Å². The minimum absolute atomic E-state index is 0.00119. The highest BCUT2D eigenvalue weighted by Gasteiger charge is 2.28. The standard InChI is InChI=1S/C16H25N3O3S/c1-3-14(2)17-16(20)13-18-9-11-19(12-10-18)23(21,22)15-7-5-4-6-8-15/h4-8,14H,3,9-13H2,1-2H3,(H,17,20)/t14-/m0/s1. The Labute approximate surface area is 138 Å². The van der Waals surface area contributed by atoms with Crippen molar-refractivity contribution in [2.45, 2.75) is 31.2 Å². The van der Waals surface area contributed by atoms with Crippen LogP contribution in [0.5, 0.6) is 0 Å². The molecule has 1 aromatic carbocycles. The van der Waals surface area contributed by atoms with Gasteiger partial charge in [-0.05, 0) is 25.5 Å². The van der Waals surface area contributed by atoms with Crippen LogP contribution in [0, 0.1) is 0 Å². The summed E-state index contributed by atoms with van der Waals surface area (Å²) in [5, 5.41) is 2.93. The van der Waals surface area contributed by atoms with E-state index in [0.717, 1.165) is 6.42 Å². The van der Waals surface area contributed by atoms with Gasteiger partial charge < -0.3 is 5.32 Å². The molecule has 1 N–H and O–H groups in total. The number of hydrogen-bond acceptors (Lipinski definition) is 4. The Hall–Kier alpha value is -1.44. The third kappa shape index (κ3) is 4.76. The van der Waals surface area contributed by atoms with Gasteiger partial charge in [0.2, 0.25) is 15.9 Å². The summed E-state index contributed by atoms with van der Waals surface area (Å²) in [5.41, 5.74) is 0. The normalized spacial score (nSPS) is 18.5. The van der Waals surface area contributed by atoms with E-state index in [0.29, 0.717) is 37.6 Å². The zero-order valence-electron chi connectivity index (χ0n) is 13.7. The first-order valence-electron chi connectivity index (χ1n) is 8.00. The predicted octanol–water partition coefficient (Wildman–Crippen LogP) is 0.908. The molecule has 0 unspecified atom stereocenters. The molecule has 0 aliphatic carbocycles. The highest BCUT2D eigenvalue weighted by molar-refractivity contribution is 7.89. The van der Waals surface area contributed by atoms with E-state index in [-0.39, 0.29) is 11.9 Å². The summed E-state index contributed by atoms with van der Waals surface area (Å²) in [4.78, 5) is 14.2. The molecule has 0 saturated carbocycles. The molecule has 1 aliphatic rings. The Morgan fingerprint density at radius 1 is 1.17 bits per heavy atom. The van der Waals surface area contributed by atoms with E-state index in [9.17, 15) is 13.2 Å². The van der Waals surface area contributed by atoms with Crippen molar-refractivity contribution in [3.05, 3.63) is 30.3 Å². The van der Waals surface area contributed by atoms with Crippen LogP contribution in [0.15, 0.2) is 35.2 Å². The maximum atomic E-state index is 12.5. The Balaban J connectivity index is 1.88. The SMILES string of the molecule is CC[C@H](C)NC(=O)CN1CCN(S(=O)(=O)c2ccccc2)CC1. The summed E-state index contributed by atoms with van der Waals surface area (Å²) >= 11 is 0. The number of rotatable bonds is 6. The largest absolute Gasteiger partial charge is 0.353 e. The maximum absolute atomic E-state index is 12.5. The Morgan fingerprint density at radius 3 is 2.35 bits per heavy atom. The summed E-state index contributed by atoms with van der Waals surface area (Å²) in [5.74, 6) is -0.00119. The van der Waals surface area contributed by atoms with Gasteiger partial charge in [-0.1, -0.05) is 25.1 Å². The molecule has 2 rings (SSSR count). The molecule has 1 aliphatic heterocycles. The Bertz CT molecular complexity index is 611. The van der Waals surface area contributed by atoms with Crippen LogP contribution in [0.3, 0.4) is 0 Å². The average Bonchev–Trinajstić information content (AvgIpc) is 2.56. The fraction of sp³-hybridized carbons (Fsp3) is 0.562. The van der Waals surface area contributed by atoms with Crippen molar-refractivity contribution in [3.63, 3.8) is 0 Å². The average molecular weight is 339 g/mol. The molecule has 6 nitrogen and oxygen atoms in total. The molecule has 1 fully saturated rings. The third-order valence-electron chi connectivity index (χ3n) is 4.10. The molecular formula is C16H25N3O3S. The van der Waals surface area contributed by atoms with Gasteiger partial charge in [-0.2, -0.15) is 4.31 Å². The third-order valence-corrected chi connectivity index (χ3v) is 6.01. The molecule has 1 aromatic rings. The van der Waals surface area contributed by atoms with E-state index >= 15 is 0 Å². The van der Waals surface area contributed by atoms with Gasteiger partial charge in [0, 0.05) is 32.2 Å². The molecule has 7 heteroatoms. The van der Waals surface area contributed by atoms with Crippen molar-refractivity contribution < 1.29 is 13.2 Å². The first kappa shape index (κ1) is 17.9. The monoisotopic (exact) mass is 339 g/mol. The molecule has 1 amide bonds. The zero-order valence-corrected chi connectivity index (χ0v) is 14.6. The second kappa shape index (κ2) is 7.90. The van der Waals surface area contributed by atoms with E-state index in [1.807, 2.05) is 18.7 Å². The van der Waals surface area contributed by atoms with E-state index in [1.54, 1.807) is 30.3 Å². The number of carbonyl (C=O) groups is 1. The lowest BCUT2D eigenvalue weighted by Gasteiger charge is -2.33. The highest BCUT2D eigenvalue weighted by atomic mass is 32.2. The van der Waals surface area contributed by atoms with E-state index in [4.69, 9.17) is 0 Å². The van der Waals surface area contributed by atoms with Crippen molar-refractivity contribution >= 4 is 15.9 Å². The van der Waals surface area contributed by atoms with Crippen LogP contribution in [0.2, 0.25) is 0 Å². The van der Waals surface area contributed by atoms with Crippen LogP contribution in [-0.4, -0.2) is 62.3 Å². The lowest BCUT2D eigenvalue weighted by Crippen LogP contribution is -2.51. The van der Waals surface area contributed by atoms with Crippen molar-refractivity contribution in [1.29, 1.82) is 0 Å². The second-order valence-electron chi connectivity index (χ2n) is 5.87. The fourth-order valence-electron chi connectivity index (χ4n) is 2.50. The Kier molecular flexibility index (Phi) is 6.15. The van der Waals surface area contributed by atoms with Gasteiger partial charge in [-0.3, -0.25) is 9.69 Å². The molecule has 0 radical (unpaired) electrons. The minimum atomic E-state index is -3.43. The van der Waals surface area contributed by atoms with E-state index < -0.39 is 10.0 Å². The number of sulfonamides is 1. The summed E-state index contributed by atoms with van der Waals surface area (Å²) < 4.78 is 26.5. The lowest BCUT2D eigenvalue weighted by atomic mass is 10.2. The first-order valence-corrected chi connectivity index (χ1v) is 9.44. The minimum Gasteiger partial charge on any atom is -0.353 e.